The third kappa shape index (κ3) is 3.02. The van der Waals surface area contributed by atoms with E-state index in [-0.39, 0.29) is 18.0 Å². The zero-order valence-corrected chi connectivity index (χ0v) is 11.3. The molecule has 2 atom stereocenters. The molecule has 2 rings (SSSR count). The van der Waals surface area contributed by atoms with Gasteiger partial charge in [-0.25, -0.2) is 4.98 Å². The van der Waals surface area contributed by atoms with Crippen molar-refractivity contribution < 1.29 is 9.53 Å². The number of nitrogens with two attached hydrogens (primary N) is 1. The van der Waals surface area contributed by atoms with Crippen molar-refractivity contribution in [2.24, 2.45) is 5.73 Å². The minimum absolute atomic E-state index is 0.0100. The molecule has 19 heavy (non-hydrogen) atoms. The van der Waals surface area contributed by atoms with Crippen LogP contribution in [-0.4, -0.2) is 48.6 Å². The zero-order valence-electron chi connectivity index (χ0n) is 11.3. The molecule has 0 bridgehead atoms. The number of rotatable bonds is 4. The van der Waals surface area contributed by atoms with Crippen LogP contribution in [0.3, 0.4) is 0 Å². The molecule has 104 valence electrons. The predicted octanol–water partition coefficient (Wildman–Crippen LogP) is -0.262. The summed E-state index contributed by atoms with van der Waals surface area (Å²) in [5.41, 5.74) is 6.93. The number of amides is 1. The molecule has 0 spiro atoms. The van der Waals surface area contributed by atoms with Crippen molar-refractivity contribution in [1.82, 2.24) is 15.2 Å². The van der Waals surface area contributed by atoms with Gasteiger partial charge in [-0.05, 0) is 12.5 Å². The van der Waals surface area contributed by atoms with Crippen molar-refractivity contribution in [3.05, 3.63) is 23.9 Å². The van der Waals surface area contributed by atoms with E-state index < -0.39 is 0 Å². The maximum atomic E-state index is 11.9. The molecule has 1 amide bonds. The van der Waals surface area contributed by atoms with E-state index in [9.17, 15) is 4.79 Å². The summed E-state index contributed by atoms with van der Waals surface area (Å²) >= 11 is 0. The maximum Gasteiger partial charge on any atom is 0.237 e. The molecule has 6 heteroatoms. The van der Waals surface area contributed by atoms with Crippen molar-refractivity contribution in [2.75, 3.05) is 20.7 Å². The number of pyridine rings is 1. The number of carbonyl (C=O) groups excluding carboxylic acids is 1. The standard InChI is InChI=1S/C13H20N4O2/c1-15-12(18)11-6-10(14)8-17(11)7-9-4-3-5-16-13(9)19-2/h3-5,10-11H,6-8,14H2,1-2H3,(H,15,18)/t10-,11-/m0/s1. The normalized spacial score (nSPS) is 23.3. The van der Waals surface area contributed by atoms with E-state index in [1.165, 1.54) is 0 Å². The topological polar surface area (TPSA) is 80.5 Å². The highest BCUT2D eigenvalue weighted by molar-refractivity contribution is 5.81. The first-order valence-electron chi connectivity index (χ1n) is 6.34. The Hall–Kier alpha value is -1.66. The van der Waals surface area contributed by atoms with E-state index in [0.29, 0.717) is 25.4 Å². The molecular weight excluding hydrogens is 244 g/mol. The molecule has 1 aliphatic rings. The highest BCUT2D eigenvalue weighted by Gasteiger charge is 2.34. The molecule has 1 saturated heterocycles. The Morgan fingerprint density at radius 2 is 2.47 bits per heavy atom. The average molecular weight is 264 g/mol. The minimum Gasteiger partial charge on any atom is -0.481 e. The quantitative estimate of drug-likeness (QED) is 0.783. The van der Waals surface area contributed by atoms with E-state index in [1.54, 1.807) is 20.4 Å². The van der Waals surface area contributed by atoms with Gasteiger partial charge in [0.25, 0.3) is 0 Å². The number of nitrogens with one attached hydrogen (secondary N) is 1. The molecule has 1 fully saturated rings. The molecule has 1 aliphatic heterocycles. The zero-order chi connectivity index (χ0) is 13.8. The Bertz CT molecular complexity index is 452. The van der Waals surface area contributed by atoms with Gasteiger partial charge in [0.2, 0.25) is 11.8 Å². The molecule has 0 saturated carbocycles. The minimum atomic E-state index is -0.176. The molecular formula is C13H20N4O2. The largest absolute Gasteiger partial charge is 0.481 e. The van der Waals surface area contributed by atoms with Crippen molar-refractivity contribution in [1.29, 1.82) is 0 Å². The van der Waals surface area contributed by atoms with Gasteiger partial charge in [0.1, 0.15) is 0 Å². The summed E-state index contributed by atoms with van der Waals surface area (Å²) in [7, 11) is 3.24. The van der Waals surface area contributed by atoms with Gasteiger partial charge in [-0.2, -0.15) is 0 Å². The number of likely N-dealkylation sites (tertiary alicyclic amines) is 1. The van der Waals surface area contributed by atoms with Crippen LogP contribution in [0.1, 0.15) is 12.0 Å². The van der Waals surface area contributed by atoms with Crippen LogP contribution < -0.4 is 15.8 Å². The second kappa shape index (κ2) is 5.99. The lowest BCUT2D eigenvalue weighted by molar-refractivity contribution is -0.125. The second-order valence-electron chi connectivity index (χ2n) is 4.73. The molecule has 1 aromatic rings. The lowest BCUT2D eigenvalue weighted by atomic mass is 10.1. The summed E-state index contributed by atoms with van der Waals surface area (Å²) in [4.78, 5) is 18.1. The SMILES string of the molecule is CNC(=O)[C@@H]1C[C@H](N)CN1Cc1cccnc1OC. The highest BCUT2D eigenvalue weighted by atomic mass is 16.5. The van der Waals surface area contributed by atoms with Gasteiger partial charge in [0.15, 0.2) is 0 Å². The number of hydrogen-bond acceptors (Lipinski definition) is 5. The van der Waals surface area contributed by atoms with Crippen LogP contribution in [0.5, 0.6) is 5.88 Å². The smallest absolute Gasteiger partial charge is 0.237 e. The van der Waals surface area contributed by atoms with Gasteiger partial charge in [-0.3, -0.25) is 9.69 Å². The fourth-order valence-corrected chi connectivity index (χ4v) is 2.50. The van der Waals surface area contributed by atoms with Crippen LogP contribution in [0.2, 0.25) is 0 Å². The van der Waals surface area contributed by atoms with Gasteiger partial charge in [-0.15, -0.1) is 0 Å². The summed E-state index contributed by atoms with van der Waals surface area (Å²) in [5, 5.41) is 2.69. The lowest BCUT2D eigenvalue weighted by Crippen LogP contribution is -2.41. The monoisotopic (exact) mass is 264 g/mol. The first kappa shape index (κ1) is 13.8. The van der Waals surface area contributed by atoms with E-state index in [1.807, 2.05) is 12.1 Å². The Morgan fingerprint density at radius 3 is 3.16 bits per heavy atom. The van der Waals surface area contributed by atoms with Crippen molar-refractivity contribution in [3.8, 4) is 5.88 Å². The van der Waals surface area contributed by atoms with Crippen LogP contribution in [0, 0.1) is 0 Å². The van der Waals surface area contributed by atoms with Crippen molar-refractivity contribution in [2.45, 2.75) is 25.0 Å². The Kier molecular flexibility index (Phi) is 4.34. The molecule has 3 N–H and O–H groups in total. The van der Waals surface area contributed by atoms with Crippen LogP contribution in [-0.2, 0) is 11.3 Å². The van der Waals surface area contributed by atoms with Crippen LogP contribution in [0.25, 0.3) is 0 Å². The van der Waals surface area contributed by atoms with E-state index in [2.05, 4.69) is 15.2 Å². The molecule has 0 aliphatic carbocycles. The third-order valence-corrected chi connectivity index (χ3v) is 3.40. The first-order chi connectivity index (χ1) is 9.15. The van der Waals surface area contributed by atoms with Crippen LogP contribution in [0.4, 0.5) is 0 Å². The van der Waals surface area contributed by atoms with Crippen molar-refractivity contribution in [3.63, 3.8) is 0 Å². The highest BCUT2D eigenvalue weighted by Crippen LogP contribution is 2.23. The Labute approximate surface area is 112 Å². The van der Waals surface area contributed by atoms with Gasteiger partial charge in [0.05, 0.1) is 13.2 Å². The molecule has 0 unspecified atom stereocenters. The summed E-state index contributed by atoms with van der Waals surface area (Å²) < 4.78 is 5.23. The number of carbonyl (C=O) groups is 1. The fraction of sp³-hybridized carbons (Fsp3) is 0.538. The number of likely N-dealkylation sites (N-methyl/N-ethyl adjacent to an activating group) is 1. The first-order valence-corrected chi connectivity index (χ1v) is 6.34. The summed E-state index contributed by atoms with van der Waals surface area (Å²) in [6.45, 7) is 1.32. The van der Waals surface area contributed by atoms with Crippen molar-refractivity contribution >= 4 is 5.91 Å². The van der Waals surface area contributed by atoms with Gasteiger partial charge in [-0.1, -0.05) is 6.07 Å². The lowest BCUT2D eigenvalue weighted by Gasteiger charge is -2.23. The average Bonchev–Trinajstić information content (AvgIpc) is 2.79. The third-order valence-electron chi connectivity index (χ3n) is 3.40. The molecule has 0 aromatic carbocycles. The van der Waals surface area contributed by atoms with Gasteiger partial charge >= 0.3 is 0 Å². The number of aromatic nitrogens is 1. The number of ether oxygens (including phenoxy) is 1. The molecule has 0 radical (unpaired) electrons. The molecule has 1 aromatic heterocycles. The maximum absolute atomic E-state index is 11.9. The Balaban J connectivity index is 2.14. The number of nitrogens with zero attached hydrogens (tertiary/aromatic N) is 2. The molecule has 6 nitrogen and oxygen atoms in total. The van der Waals surface area contributed by atoms with Crippen LogP contribution in [0.15, 0.2) is 18.3 Å². The van der Waals surface area contributed by atoms with E-state index in [4.69, 9.17) is 10.5 Å². The summed E-state index contributed by atoms with van der Waals surface area (Å²) in [5.74, 6) is 0.606. The number of methoxy groups -OCH3 is 1. The predicted molar refractivity (Wildman–Crippen MR) is 71.6 cm³/mol. The fourth-order valence-electron chi connectivity index (χ4n) is 2.50. The van der Waals surface area contributed by atoms with Gasteiger partial charge < -0.3 is 15.8 Å². The number of hydrogen-bond donors (Lipinski definition) is 2. The Morgan fingerprint density at radius 1 is 1.68 bits per heavy atom. The van der Waals surface area contributed by atoms with Crippen LogP contribution >= 0.6 is 0 Å². The summed E-state index contributed by atoms with van der Waals surface area (Å²) in [6, 6.07) is 3.68. The summed E-state index contributed by atoms with van der Waals surface area (Å²) in [6.07, 6.45) is 2.37. The van der Waals surface area contributed by atoms with E-state index in [0.717, 1.165) is 5.56 Å². The van der Waals surface area contributed by atoms with E-state index >= 15 is 0 Å². The van der Waals surface area contributed by atoms with Gasteiger partial charge in [0, 0.05) is 37.9 Å². The molecule has 2 heterocycles. The second-order valence-corrected chi connectivity index (χ2v) is 4.73.